The fourth-order valence-electron chi connectivity index (χ4n) is 2.18. The Morgan fingerprint density at radius 2 is 1.71 bits per heavy atom. The van der Waals surface area contributed by atoms with E-state index in [9.17, 15) is 0 Å². The Morgan fingerprint density at radius 1 is 1.00 bits per heavy atom. The highest BCUT2D eigenvalue weighted by Gasteiger charge is 2.08. The zero-order chi connectivity index (χ0) is 11.1. The van der Waals surface area contributed by atoms with E-state index in [4.69, 9.17) is 0 Å². The van der Waals surface area contributed by atoms with Crippen LogP contribution in [0, 0.1) is 0 Å². The molecule has 0 amide bonds. The lowest BCUT2D eigenvalue weighted by Gasteiger charge is -2.26. The summed E-state index contributed by atoms with van der Waals surface area (Å²) in [6.45, 7) is 3.95. The molecule has 1 heterocycles. The van der Waals surface area contributed by atoms with E-state index in [-0.39, 0.29) is 12.4 Å². The molecular weight excluding hydrogens is 250 g/mol. The molecule has 1 aromatic carbocycles. The van der Waals surface area contributed by atoms with Gasteiger partial charge in [0.25, 0.3) is 0 Å². The third-order valence-electron chi connectivity index (χ3n) is 3.08. The molecular formula is C14H22ClNS. The standard InChI is InChI=1S/C14H21NS.ClH/c1-3-8-14(9-4-1)16-13-7-12-15-10-5-2-6-11-15;/h1,3-4,8-9H,2,5-7,10-13H2;1H. The summed E-state index contributed by atoms with van der Waals surface area (Å²) in [5, 5.41) is 0. The lowest BCUT2D eigenvalue weighted by molar-refractivity contribution is 0.230. The van der Waals surface area contributed by atoms with Crippen molar-refractivity contribution in [3.05, 3.63) is 30.3 Å². The second-order valence-electron chi connectivity index (χ2n) is 4.42. The van der Waals surface area contributed by atoms with Crippen molar-refractivity contribution < 1.29 is 0 Å². The summed E-state index contributed by atoms with van der Waals surface area (Å²) in [5.74, 6) is 1.25. The van der Waals surface area contributed by atoms with Crippen LogP contribution in [-0.2, 0) is 0 Å². The van der Waals surface area contributed by atoms with Crippen molar-refractivity contribution in [1.82, 2.24) is 4.90 Å². The monoisotopic (exact) mass is 271 g/mol. The van der Waals surface area contributed by atoms with Gasteiger partial charge in [-0.05, 0) is 56.8 Å². The molecule has 0 saturated carbocycles. The molecule has 0 radical (unpaired) electrons. The third-order valence-corrected chi connectivity index (χ3v) is 4.18. The summed E-state index contributed by atoms with van der Waals surface area (Å²) in [5.41, 5.74) is 0. The predicted octanol–water partition coefficient (Wildman–Crippen LogP) is 4.08. The molecule has 1 fully saturated rings. The van der Waals surface area contributed by atoms with E-state index in [0.29, 0.717) is 0 Å². The van der Waals surface area contributed by atoms with Gasteiger partial charge in [0, 0.05) is 4.90 Å². The minimum Gasteiger partial charge on any atom is -0.303 e. The number of piperidine rings is 1. The molecule has 1 saturated heterocycles. The minimum absolute atomic E-state index is 0. The van der Waals surface area contributed by atoms with Gasteiger partial charge in [0.15, 0.2) is 0 Å². The maximum absolute atomic E-state index is 2.62. The van der Waals surface area contributed by atoms with Crippen molar-refractivity contribution in [2.45, 2.75) is 30.6 Å². The number of benzene rings is 1. The number of nitrogens with zero attached hydrogens (tertiary/aromatic N) is 1. The predicted molar refractivity (Wildman–Crippen MR) is 79.3 cm³/mol. The van der Waals surface area contributed by atoms with Crippen LogP contribution in [0.25, 0.3) is 0 Å². The summed E-state index contributed by atoms with van der Waals surface area (Å²) >= 11 is 1.98. The van der Waals surface area contributed by atoms with Crippen molar-refractivity contribution in [2.75, 3.05) is 25.4 Å². The Kier molecular flexibility index (Phi) is 7.74. The molecule has 96 valence electrons. The molecule has 0 bridgehead atoms. The van der Waals surface area contributed by atoms with Gasteiger partial charge in [-0.2, -0.15) is 0 Å². The van der Waals surface area contributed by atoms with Gasteiger partial charge in [-0.1, -0.05) is 24.6 Å². The van der Waals surface area contributed by atoms with E-state index in [1.807, 2.05) is 11.8 Å². The van der Waals surface area contributed by atoms with Crippen LogP contribution in [0.1, 0.15) is 25.7 Å². The summed E-state index contributed by atoms with van der Waals surface area (Å²) in [4.78, 5) is 4.02. The largest absolute Gasteiger partial charge is 0.303 e. The second-order valence-corrected chi connectivity index (χ2v) is 5.59. The maximum atomic E-state index is 2.62. The molecule has 0 unspecified atom stereocenters. The topological polar surface area (TPSA) is 3.24 Å². The first kappa shape index (κ1) is 14.9. The fraction of sp³-hybridized carbons (Fsp3) is 0.571. The molecule has 0 atom stereocenters. The van der Waals surface area contributed by atoms with E-state index in [1.165, 1.54) is 56.0 Å². The molecule has 0 spiro atoms. The number of rotatable bonds is 5. The summed E-state index contributed by atoms with van der Waals surface area (Å²) in [6.07, 6.45) is 5.58. The summed E-state index contributed by atoms with van der Waals surface area (Å²) in [7, 11) is 0. The molecule has 2 rings (SSSR count). The van der Waals surface area contributed by atoms with Gasteiger partial charge >= 0.3 is 0 Å². The lowest BCUT2D eigenvalue weighted by atomic mass is 10.1. The van der Waals surface area contributed by atoms with Gasteiger partial charge in [0.1, 0.15) is 0 Å². The van der Waals surface area contributed by atoms with Crippen molar-refractivity contribution in [3.63, 3.8) is 0 Å². The van der Waals surface area contributed by atoms with Crippen LogP contribution in [0.5, 0.6) is 0 Å². The van der Waals surface area contributed by atoms with Crippen LogP contribution in [-0.4, -0.2) is 30.3 Å². The van der Waals surface area contributed by atoms with E-state index >= 15 is 0 Å². The highest BCUT2D eigenvalue weighted by atomic mass is 35.5. The average molecular weight is 272 g/mol. The Balaban J connectivity index is 0.00000144. The van der Waals surface area contributed by atoms with Gasteiger partial charge in [0.05, 0.1) is 0 Å². The van der Waals surface area contributed by atoms with Crippen LogP contribution in [0.3, 0.4) is 0 Å². The van der Waals surface area contributed by atoms with Crippen molar-refractivity contribution >= 4 is 24.2 Å². The number of hydrogen-bond donors (Lipinski definition) is 0. The average Bonchev–Trinajstić information content (AvgIpc) is 2.37. The molecule has 3 heteroatoms. The van der Waals surface area contributed by atoms with Crippen LogP contribution in [0.2, 0.25) is 0 Å². The van der Waals surface area contributed by atoms with Crippen molar-refractivity contribution in [3.8, 4) is 0 Å². The molecule has 17 heavy (non-hydrogen) atoms. The van der Waals surface area contributed by atoms with Gasteiger partial charge < -0.3 is 4.90 Å². The third kappa shape index (κ3) is 5.80. The number of likely N-dealkylation sites (tertiary alicyclic amines) is 1. The van der Waals surface area contributed by atoms with Gasteiger partial charge in [0.2, 0.25) is 0 Å². The smallest absolute Gasteiger partial charge is 0.00719 e. The lowest BCUT2D eigenvalue weighted by Crippen LogP contribution is -2.30. The van der Waals surface area contributed by atoms with Crippen molar-refractivity contribution in [1.29, 1.82) is 0 Å². The van der Waals surface area contributed by atoms with E-state index in [2.05, 4.69) is 35.2 Å². The SMILES string of the molecule is Cl.c1ccc(SCCCN2CCCCC2)cc1. The molecule has 0 aliphatic carbocycles. The molecule has 1 aliphatic rings. The quantitative estimate of drug-likeness (QED) is 0.587. The first-order valence-electron chi connectivity index (χ1n) is 6.35. The van der Waals surface area contributed by atoms with Crippen LogP contribution < -0.4 is 0 Å². The Bertz CT molecular complexity index is 286. The van der Waals surface area contributed by atoms with E-state index in [0.717, 1.165) is 0 Å². The van der Waals surface area contributed by atoms with Crippen LogP contribution in [0.4, 0.5) is 0 Å². The number of hydrogen-bond acceptors (Lipinski definition) is 2. The van der Waals surface area contributed by atoms with Gasteiger partial charge in [-0.3, -0.25) is 0 Å². The summed E-state index contributed by atoms with van der Waals surface area (Å²) < 4.78 is 0. The molecule has 1 aliphatic heterocycles. The van der Waals surface area contributed by atoms with Crippen molar-refractivity contribution in [2.24, 2.45) is 0 Å². The zero-order valence-electron chi connectivity index (χ0n) is 10.3. The molecule has 0 aromatic heterocycles. The second kappa shape index (κ2) is 8.84. The van der Waals surface area contributed by atoms with Gasteiger partial charge in [-0.15, -0.1) is 24.2 Å². The van der Waals surface area contributed by atoms with E-state index in [1.54, 1.807) is 0 Å². The first-order valence-corrected chi connectivity index (χ1v) is 7.34. The summed E-state index contributed by atoms with van der Waals surface area (Å²) in [6, 6.07) is 10.7. The highest BCUT2D eigenvalue weighted by Crippen LogP contribution is 2.18. The zero-order valence-corrected chi connectivity index (χ0v) is 11.9. The first-order chi connectivity index (χ1) is 7.95. The van der Waals surface area contributed by atoms with Crippen LogP contribution in [0.15, 0.2) is 35.2 Å². The Morgan fingerprint density at radius 3 is 2.41 bits per heavy atom. The minimum atomic E-state index is 0. The Hall–Kier alpha value is -0.180. The number of thioether (sulfide) groups is 1. The normalized spacial score (nSPS) is 16.5. The highest BCUT2D eigenvalue weighted by molar-refractivity contribution is 7.99. The Labute approximate surface area is 115 Å². The molecule has 1 nitrogen and oxygen atoms in total. The van der Waals surface area contributed by atoms with Crippen LogP contribution >= 0.6 is 24.2 Å². The van der Waals surface area contributed by atoms with E-state index < -0.39 is 0 Å². The molecule has 1 aromatic rings. The maximum Gasteiger partial charge on any atom is 0.00719 e. The van der Waals surface area contributed by atoms with Gasteiger partial charge in [-0.25, -0.2) is 0 Å². The molecule has 0 N–H and O–H groups in total. The number of halogens is 1. The fourth-order valence-corrected chi connectivity index (χ4v) is 3.04.